The fourth-order valence-corrected chi connectivity index (χ4v) is 3.21. The second-order valence-electron chi connectivity index (χ2n) is 4.70. The number of hydrogen-bond acceptors (Lipinski definition) is 2. The molecule has 21 heavy (non-hydrogen) atoms. The molecule has 114 valence electrons. The Morgan fingerprint density at radius 2 is 1.95 bits per heavy atom. The maximum Gasteiger partial charge on any atom is 0.419 e. The predicted molar refractivity (Wildman–Crippen MR) is 76.0 cm³/mol. The van der Waals surface area contributed by atoms with Crippen molar-refractivity contribution in [1.29, 1.82) is 0 Å². The number of rotatable bonds is 4. The lowest BCUT2D eigenvalue weighted by Gasteiger charge is -2.20. The first-order valence-electron chi connectivity index (χ1n) is 6.48. The number of aryl methyl sites for hydroxylation is 1. The van der Waals surface area contributed by atoms with Crippen LogP contribution in [0.15, 0.2) is 29.6 Å². The van der Waals surface area contributed by atoms with Crippen LogP contribution in [0.5, 0.6) is 0 Å². The van der Waals surface area contributed by atoms with E-state index in [0.29, 0.717) is 12.1 Å². The Morgan fingerprint density at radius 1 is 1.24 bits per heavy atom. The first-order chi connectivity index (χ1) is 9.84. The lowest BCUT2D eigenvalue weighted by molar-refractivity contribution is -0.140. The number of halogens is 4. The Hall–Kier alpha value is -1.40. The quantitative estimate of drug-likeness (QED) is 0.790. The molecular weight excluding hydrogens is 302 g/mol. The number of thiophene rings is 1. The summed E-state index contributed by atoms with van der Waals surface area (Å²) in [5, 5.41) is 5.05. The highest BCUT2D eigenvalue weighted by molar-refractivity contribution is 7.10. The van der Waals surface area contributed by atoms with Gasteiger partial charge in [0.25, 0.3) is 0 Å². The lowest BCUT2D eigenvalue weighted by Crippen LogP contribution is -2.22. The molecule has 2 aromatic rings. The monoisotopic (exact) mass is 317 g/mol. The minimum Gasteiger partial charge on any atom is -0.306 e. The molecule has 0 fully saturated rings. The third kappa shape index (κ3) is 3.44. The van der Waals surface area contributed by atoms with E-state index in [-0.39, 0.29) is 6.04 Å². The van der Waals surface area contributed by atoms with Crippen LogP contribution < -0.4 is 5.32 Å². The lowest BCUT2D eigenvalue weighted by atomic mass is 10.00. The smallest absolute Gasteiger partial charge is 0.306 e. The Morgan fingerprint density at radius 3 is 2.48 bits per heavy atom. The van der Waals surface area contributed by atoms with Crippen LogP contribution in [0.1, 0.15) is 34.5 Å². The van der Waals surface area contributed by atoms with Gasteiger partial charge in [0.05, 0.1) is 11.6 Å². The Labute approximate surface area is 124 Å². The molecule has 1 heterocycles. The summed E-state index contributed by atoms with van der Waals surface area (Å²) in [6.07, 6.45) is -4.69. The molecule has 0 bridgehead atoms. The van der Waals surface area contributed by atoms with E-state index < -0.39 is 17.6 Å². The molecule has 1 aromatic carbocycles. The van der Waals surface area contributed by atoms with Gasteiger partial charge in [-0.1, -0.05) is 13.0 Å². The highest BCUT2D eigenvalue weighted by Crippen LogP contribution is 2.35. The highest BCUT2D eigenvalue weighted by Gasteiger charge is 2.35. The van der Waals surface area contributed by atoms with Gasteiger partial charge in [-0.15, -0.1) is 11.3 Å². The number of hydrogen-bond donors (Lipinski definition) is 1. The van der Waals surface area contributed by atoms with Crippen LogP contribution in [-0.4, -0.2) is 6.54 Å². The standard InChI is InChI=1S/C15H15F4NS/c1-3-20-13(14-9(2)6-7-21-14)10-4-5-12(16)11(8-10)15(17,18)19/h4-8,13,20H,3H2,1-2H3. The zero-order valence-electron chi connectivity index (χ0n) is 11.6. The maximum atomic E-state index is 13.4. The van der Waals surface area contributed by atoms with Crippen LogP contribution in [0.25, 0.3) is 0 Å². The topological polar surface area (TPSA) is 12.0 Å². The molecule has 1 nitrogen and oxygen atoms in total. The molecule has 0 aliphatic heterocycles. The van der Waals surface area contributed by atoms with Crippen molar-refractivity contribution in [3.63, 3.8) is 0 Å². The van der Waals surface area contributed by atoms with Crippen molar-refractivity contribution in [1.82, 2.24) is 5.32 Å². The fraction of sp³-hybridized carbons (Fsp3) is 0.333. The molecular formula is C15H15F4NS. The average molecular weight is 317 g/mol. The van der Waals surface area contributed by atoms with Crippen LogP contribution >= 0.6 is 11.3 Å². The molecule has 1 atom stereocenters. The van der Waals surface area contributed by atoms with E-state index in [1.807, 2.05) is 25.3 Å². The van der Waals surface area contributed by atoms with E-state index in [9.17, 15) is 17.6 Å². The minimum absolute atomic E-state index is 0.364. The van der Waals surface area contributed by atoms with E-state index in [4.69, 9.17) is 0 Å². The van der Waals surface area contributed by atoms with Gasteiger partial charge in [0.1, 0.15) is 5.82 Å². The summed E-state index contributed by atoms with van der Waals surface area (Å²) < 4.78 is 51.9. The molecule has 0 saturated heterocycles. The van der Waals surface area contributed by atoms with Crippen LogP contribution in [0.3, 0.4) is 0 Å². The first-order valence-corrected chi connectivity index (χ1v) is 7.36. The second kappa shape index (κ2) is 6.15. The zero-order chi connectivity index (χ0) is 15.6. The number of nitrogens with one attached hydrogen (secondary N) is 1. The zero-order valence-corrected chi connectivity index (χ0v) is 12.4. The van der Waals surface area contributed by atoms with Crippen LogP contribution in [0, 0.1) is 12.7 Å². The Balaban J connectivity index is 2.49. The van der Waals surface area contributed by atoms with Crippen molar-refractivity contribution in [3.8, 4) is 0 Å². The molecule has 0 radical (unpaired) electrons. The van der Waals surface area contributed by atoms with Crippen molar-refractivity contribution < 1.29 is 17.6 Å². The highest BCUT2D eigenvalue weighted by atomic mass is 32.1. The molecule has 0 aliphatic rings. The normalized spacial score (nSPS) is 13.4. The van der Waals surface area contributed by atoms with Crippen molar-refractivity contribution in [2.24, 2.45) is 0 Å². The van der Waals surface area contributed by atoms with E-state index >= 15 is 0 Å². The summed E-state index contributed by atoms with van der Waals surface area (Å²) in [7, 11) is 0. The van der Waals surface area contributed by atoms with Gasteiger partial charge in [-0.3, -0.25) is 0 Å². The molecule has 1 N–H and O–H groups in total. The fourth-order valence-electron chi connectivity index (χ4n) is 2.19. The molecule has 0 spiro atoms. The molecule has 1 aromatic heterocycles. The summed E-state index contributed by atoms with van der Waals surface area (Å²) >= 11 is 1.47. The summed E-state index contributed by atoms with van der Waals surface area (Å²) in [5.41, 5.74) is 0.192. The van der Waals surface area contributed by atoms with Gasteiger partial charge >= 0.3 is 6.18 Å². The van der Waals surface area contributed by atoms with E-state index in [1.54, 1.807) is 0 Å². The van der Waals surface area contributed by atoms with Gasteiger partial charge in [-0.05, 0) is 48.2 Å². The average Bonchev–Trinajstić information content (AvgIpc) is 2.82. The van der Waals surface area contributed by atoms with Gasteiger partial charge < -0.3 is 5.32 Å². The Bertz CT molecular complexity index is 618. The van der Waals surface area contributed by atoms with Crippen molar-refractivity contribution in [2.75, 3.05) is 6.54 Å². The van der Waals surface area contributed by atoms with Gasteiger partial charge in [0.2, 0.25) is 0 Å². The predicted octanol–water partition coefficient (Wildman–Crippen LogP) is 4.91. The molecule has 1 unspecified atom stereocenters. The minimum atomic E-state index is -4.69. The first kappa shape index (κ1) is 16.0. The van der Waals surface area contributed by atoms with Crippen molar-refractivity contribution >= 4 is 11.3 Å². The second-order valence-corrected chi connectivity index (χ2v) is 5.64. The van der Waals surface area contributed by atoms with Crippen LogP contribution in [0.4, 0.5) is 17.6 Å². The maximum absolute atomic E-state index is 13.4. The molecule has 0 aliphatic carbocycles. The summed E-state index contributed by atoms with van der Waals surface area (Å²) in [5.74, 6) is -1.25. The van der Waals surface area contributed by atoms with E-state index in [1.165, 1.54) is 17.4 Å². The van der Waals surface area contributed by atoms with Crippen molar-refractivity contribution in [2.45, 2.75) is 26.1 Å². The van der Waals surface area contributed by atoms with E-state index in [0.717, 1.165) is 22.6 Å². The van der Waals surface area contributed by atoms with Crippen LogP contribution in [-0.2, 0) is 6.18 Å². The van der Waals surface area contributed by atoms with E-state index in [2.05, 4.69) is 5.32 Å². The molecule has 0 saturated carbocycles. The molecule has 2 rings (SSSR count). The van der Waals surface area contributed by atoms with Gasteiger partial charge in [0, 0.05) is 4.88 Å². The van der Waals surface area contributed by atoms with Gasteiger partial charge in [0.15, 0.2) is 0 Å². The largest absolute Gasteiger partial charge is 0.419 e. The summed E-state index contributed by atoms with van der Waals surface area (Å²) in [6, 6.07) is 4.72. The number of benzene rings is 1. The third-order valence-electron chi connectivity index (χ3n) is 3.20. The van der Waals surface area contributed by atoms with Crippen LogP contribution in [0.2, 0.25) is 0 Å². The van der Waals surface area contributed by atoms with Crippen molar-refractivity contribution in [3.05, 3.63) is 57.0 Å². The Kier molecular flexibility index (Phi) is 4.68. The summed E-state index contributed by atoms with van der Waals surface area (Å²) in [4.78, 5) is 0.941. The summed E-state index contributed by atoms with van der Waals surface area (Å²) in [6.45, 7) is 4.38. The van der Waals surface area contributed by atoms with Gasteiger partial charge in [-0.2, -0.15) is 13.2 Å². The SMILES string of the molecule is CCNC(c1ccc(F)c(C(F)(F)F)c1)c1sccc1C. The van der Waals surface area contributed by atoms with Gasteiger partial charge in [-0.25, -0.2) is 4.39 Å². The number of alkyl halides is 3. The molecule has 6 heteroatoms. The third-order valence-corrected chi connectivity index (χ3v) is 4.29. The molecule has 0 amide bonds.